The van der Waals surface area contributed by atoms with Crippen LogP contribution in [0, 0.1) is 0 Å². The number of amides is 2. The zero-order valence-electron chi connectivity index (χ0n) is 20.3. The number of carbonyl (C=O) groups excluding carboxylic acids is 1. The quantitative estimate of drug-likeness (QED) is 0.693. The van der Waals surface area contributed by atoms with Crippen LogP contribution in [0.1, 0.15) is 34.6 Å². The minimum absolute atomic E-state index is 0.0668. The summed E-state index contributed by atoms with van der Waals surface area (Å²) in [5.74, 6) is -0.795. The van der Waals surface area contributed by atoms with Gasteiger partial charge in [0, 0.05) is 12.7 Å². The summed E-state index contributed by atoms with van der Waals surface area (Å²) in [7, 11) is -1.44. The van der Waals surface area contributed by atoms with Gasteiger partial charge in [0.2, 0.25) is 0 Å². The van der Waals surface area contributed by atoms with Gasteiger partial charge >= 0.3 is 13.1 Å². The molecular weight excluding hydrogens is 427 g/mol. The number of nitrogens with zero attached hydrogens (tertiary/aromatic N) is 2. The van der Waals surface area contributed by atoms with Gasteiger partial charge in [0.25, 0.3) is 0 Å². The minimum Gasteiger partial charge on any atom is -0.428 e. The van der Waals surface area contributed by atoms with Crippen molar-refractivity contribution in [3.63, 3.8) is 0 Å². The number of hydrogen-bond donors (Lipinski definition) is 1. The van der Waals surface area contributed by atoms with Crippen molar-refractivity contribution < 1.29 is 28.5 Å². The summed E-state index contributed by atoms with van der Waals surface area (Å²) in [4.78, 5) is 16.2. The molecule has 1 aromatic carbocycles. The van der Waals surface area contributed by atoms with Crippen molar-refractivity contribution in [3.8, 4) is 0 Å². The van der Waals surface area contributed by atoms with E-state index >= 15 is 0 Å². The molecular formula is C22H35BN2O6Si. The molecule has 0 aliphatic carbocycles. The molecule has 0 bridgehead atoms. The summed E-state index contributed by atoms with van der Waals surface area (Å²) in [6.07, 6.45) is -1.91. The van der Waals surface area contributed by atoms with E-state index in [4.69, 9.17) is 18.6 Å². The smallest absolute Gasteiger partial charge is 0.428 e. The highest BCUT2D eigenvalue weighted by Gasteiger charge is 2.59. The molecule has 176 valence electrons. The van der Waals surface area contributed by atoms with E-state index in [1.165, 1.54) is 4.81 Å². The van der Waals surface area contributed by atoms with E-state index in [9.17, 15) is 9.82 Å². The van der Waals surface area contributed by atoms with Crippen molar-refractivity contribution in [2.24, 2.45) is 0 Å². The van der Waals surface area contributed by atoms with Crippen molar-refractivity contribution in [3.05, 3.63) is 24.3 Å². The first-order valence-corrected chi connectivity index (χ1v) is 14.1. The van der Waals surface area contributed by atoms with Crippen LogP contribution in [0.3, 0.4) is 0 Å². The third kappa shape index (κ3) is 3.91. The number of ether oxygens (including phenoxy) is 3. The summed E-state index contributed by atoms with van der Waals surface area (Å²) < 4.78 is 25.3. The first kappa shape index (κ1) is 23.7. The van der Waals surface area contributed by atoms with E-state index in [0.717, 1.165) is 0 Å². The lowest BCUT2D eigenvalue weighted by atomic mass is 9.69. The van der Waals surface area contributed by atoms with Gasteiger partial charge in [-0.25, -0.2) is 4.79 Å². The Labute approximate surface area is 192 Å². The number of carbonyl (C=O) groups is 1. The van der Waals surface area contributed by atoms with Gasteiger partial charge < -0.3 is 28.5 Å². The number of benzene rings is 1. The summed E-state index contributed by atoms with van der Waals surface area (Å²) in [6.45, 7) is 15.1. The summed E-state index contributed by atoms with van der Waals surface area (Å²) in [5, 5.41) is 10.7. The van der Waals surface area contributed by atoms with E-state index in [2.05, 4.69) is 33.9 Å². The molecule has 0 saturated carbocycles. The van der Waals surface area contributed by atoms with Crippen molar-refractivity contribution in [2.45, 2.75) is 83.1 Å². The lowest BCUT2D eigenvalue weighted by molar-refractivity contribution is -0.188. The average Bonchev–Trinajstić information content (AvgIpc) is 3.17. The van der Waals surface area contributed by atoms with Gasteiger partial charge in [-0.15, -0.1) is 0 Å². The fraction of sp³-hybridized carbons (Fsp3) is 0.682. The molecule has 4 atom stereocenters. The Hall–Kier alpha value is -1.43. The second kappa shape index (κ2) is 7.82. The molecule has 2 amide bonds. The molecule has 3 aliphatic heterocycles. The zero-order chi connectivity index (χ0) is 23.6. The number of para-hydroxylation sites is 1. The number of anilines is 1. The molecule has 0 unspecified atom stereocenters. The molecule has 8 nitrogen and oxygen atoms in total. The highest BCUT2D eigenvalue weighted by atomic mass is 28.4. The molecule has 0 radical (unpaired) electrons. The number of fused-ring (bicyclic) bond motifs is 2. The van der Waals surface area contributed by atoms with Crippen molar-refractivity contribution in [1.29, 1.82) is 0 Å². The number of urea groups is 1. The van der Waals surface area contributed by atoms with Gasteiger partial charge in [-0.3, -0.25) is 4.90 Å². The number of rotatable bonds is 4. The molecule has 1 N–H and O–H groups in total. The van der Waals surface area contributed by atoms with Gasteiger partial charge in [-0.05, 0) is 43.5 Å². The van der Waals surface area contributed by atoms with Crippen LogP contribution in [0.25, 0.3) is 0 Å². The summed E-state index contributed by atoms with van der Waals surface area (Å²) >= 11 is 0. The Bertz CT molecular complexity index is 891. The molecule has 2 fully saturated rings. The van der Waals surface area contributed by atoms with Crippen LogP contribution < -0.4 is 10.4 Å². The third-order valence-electron chi connectivity index (χ3n) is 7.14. The fourth-order valence-corrected chi connectivity index (χ4v) is 5.28. The summed E-state index contributed by atoms with van der Waals surface area (Å²) in [6, 6.07) is 6.98. The second-order valence-corrected chi connectivity index (χ2v) is 15.7. The van der Waals surface area contributed by atoms with Gasteiger partial charge in [0.15, 0.2) is 20.3 Å². The molecule has 10 heteroatoms. The van der Waals surface area contributed by atoms with Crippen molar-refractivity contribution >= 4 is 32.5 Å². The van der Waals surface area contributed by atoms with Crippen molar-refractivity contribution in [2.75, 3.05) is 18.6 Å². The first-order chi connectivity index (χ1) is 14.7. The van der Waals surface area contributed by atoms with Gasteiger partial charge in [-0.1, -0.05) is 39.0 Å². The topological polar surface area (TPSA) is 80.7 Å². The van der Waals surface area contributed by atoms with E-state index < -0.39 is 33.5 Å². The third-order valence-corrected chi connectivity index (χ3v) is 11.6. The normalized spacial score (nSPS) is 30.0. The molecule has 3 aliphatic rings. The largest absolute Gasteiger partial charge is 0.454 e. The van der Waals surface area contributed by atoms with E-state index in [-0.39, 0.29) is 23.3 Å². The van der Waals surface area contributed by atoms with Crippen LogP contribution in [0.4, 0.5) is 10.5 Å². The molecule has 3 heterocycles. The first-order valence-electron chi connectivity index (χ1n) is 11.2. The minimum atomic E-state index is -2.00. The second-order valence-electron chi connectivity index (χ2n) is 10.9. The predicted molar refractivity (Wildman–Crippen MR) is 125 cm³/mol. The van der Waals surface area contributed by atoms with E-state index in [1.54, 1.807) is 11.9 Å². The monoisotopic (exact) mass is 462 g/mol. The molecule has 1 aromatic rings. The Morgan fingerprint density at radius 2 is 1.81 bits per heavy atom. The Morgan fingerprint density at radius 3 is 2.47 bits per heavy atom. The van der Waals surface area contributed by atoms with Crippen LogP contribution in [0.2, 0.25) is 18.1 Å². The van der Waals surface area contributed by atoms with Gasteiger partial charge in [-0.2, -0.15) is 0 Å². The van der Waals surface area contributed by atoms with E-state index in [0.29, 0.717) is 17.8 Å². The average molecular weight is 462 g/mol. The maximum Gasteiger partial charge on any atom is 0.454 e. The highest BCUT2D eigenvalue weighted by Crippen LogP contribution is 2.43. The standard InChI is InChI=1S/C22H35BN2O6Si/c1-21(2,3)32(7,8)28-13-16-17-18(31-22(4,5)30-17)19(29-16)25-15-12-10-9-11-14(15)23(27)24(6)20(25)26/h9-12,16-19,27H,13H2,1-8H3/t16-,17-,18-,19+/m1/s1. The van der Waals surface area contributed by atoms with E-state index in [1.807, 2.05) is 38.1 Å². The zero-order valence-corrected chi connectivity index (χ0v) is 21.3. The van der Waals surface area contributed by atoms with Crippen LogP contribution in [0.5, 0.6) is 0 Å². The lowest BCUT2D eigenvalue weighted by Crippen LogP contribution is -2.64. The lowest BCUT2D eigenvalue weighted by Gasteiger charge is -2.41. The SMILES string of the molecule is CN1B(O)c2ccccc2N([C@H]2O[C@H](CO[Si](C)(C)C(C)(C)C)[C@H]3OC(C)(C)O[C@H]32)C1=O. The molecule has 32 heavy (non-hydrogen) atoms. The van der Waals surface area contributed by atoms with Gasteiger partial charge in [0.05, 0.1) is 6.61 Å². The highest BCUT2D eigenvalue weighted by molar-refractivity contribution is 6.74. The number of hydrogen-bond acceptors (Lipinski definition) is 6. The van der Waals surface area contributed by atoms with Crippen LogP contribution in [0.15, 0.2) is 24.3 Å². The maximum absolute atomic E-state index is 13.3. The summed E-state index contributed by atoms with van der Waals surface area (Å²) in [5.41, 5.74) is 1.26. The maximum atomic E-state index is 13.3. The Kier molecular flexibility index (Phi) is 5.79. The van der Waals surface area contributed by atoms with Crippen LogP contribution in [-0.4, -0.2) is 75.2 Å². The molecule has 2 saturated heterocycles. The molecule has 0 spiro atoms. The Balaban J connectivity index is 1.65. The molecule has 0 aromatic heterocycles. The van der Waals surface area contributed by atoms with Crippen LogP contribution >= 0.6 is 0 Å². The van der Waals surface area contributed by atoms with Crippen LogP contribution in [-0.2, 0) is 18.6 Å². The predicted octanol–water partition coefficient (Wildman–Crippen LogP) is 2.51. The Morgan fingerprint density at radius 1 is 1.19 bits per heavy atom. The van der Waals surface area contributed by atoms with Crippen molar-refractivity contribution in [1.82, 2.24) is 4.81 Å². The fourth-order valence-electron chi connectivity index (χ4n) is 4.27. The van der Waals surface area contributed by atoms with Gasteiger partial charge in [0.1, 0.15) is 18.3 Å². The molecule has 4 rings (SSSR count).